The number of benzene rings is 8. The summed E-state index contributed by atoms with van der Waals surface area (Å²) in [6, 6.07) is 64.7. The summed E-state index contributed by atoms with van der Waals surface area (Å²) < 4.78 is 0. The van der Waals surface area contributed by atoms with Crippen molar-refractivity contribution in [1.82, 2.24) is 0 Å². The Hall–Kier alpha value is -6.12. The van der Waals surface area contributed by atoms with E-state index < -0.39 is 0 Å². The van der Waals surface area contributed by atoms with Crippen LogP contribution in [0.2, 0.25) is 0 Å². The molecule has 46 heavy (non-hydrogen) atoms. The zero-order chi connectivity index (χ0) is 30.9. The number of nitrogens with zero attached hydrogens (tertiary/aromatic N) is 1. The maximum absolute atomic E-state index is 5.93. The highest BCUT2D eigenvalue weighted by Crippen LogP contribution is 2.44. The van der Waals surface area contributed by atoms with Crippen LogP contribution in [0.4, 0.5) is 22.7 Å². The van der Waals surface area contributed by atoms with Gasteiger partial charge in [-0.2, -0.15) is 0 Å². The van der Waals surface area contributed by atoms with E-state index >= 15 is 0 Å². The average Bonchev–Trinajstić information content (AvgIpc) is 3.12. The molecule has 8 aromatic carbocycles. The van der Waals surface area contributed by atoms with Crippen molar-refractivity contribution in [2.24, 2.45) is 0 Å². The van der Waals surface area contributed by atoms with E-state index in [0.717, 1.165) is 28.3 Å². The molecule has 0 spiro atoms. The Morgan fingerprint density at radius 3 is 1.00 bits per heavy atom. The molecule has 0 unspecified atom stereocenters. The van der Waals surface area contributed by atoms with Crippen LogP contribution in [0.1, 0.15) is 0 Å². The molecule has 0 aromatic heterocycles. The zero-order valence-electron chi connectivity index (χ0n) is 25.3. The lowest BCUT2D eigenvalue weighted by Crippen LogP contribution is -2.09. The summed E-state index contributed by atoms with van der Waals surface area (Å²) in [6.07, 6.45) is 0. The number of anilines is 4. The van der Waals surface area contributed by atoms with Crippen molar-refractivity contribution >= 4 is 44.3 Å². The first-order chi connectivity index (χ1) is 22.7. The molecule has 0 heterocycles. The van der Waals surface area contributed by atoms with Gasteiger partial charge in [0.25, 0.3) is 0 Å². The SMILES string of the molecule is Nc1ccc(-c2ccc(-c3c4ccccc4c(-c4ccc(N(c5ccccc5)c5ccccc5)cc4)c4ccccc34)cc2)cc1. The Morgan fingerprint density at radius 2 is 0.587 bits per heavy atom. The average molecular weight is 589 g/mol. The lowest BCUT2D eigenvalue weighted by molar-refractivity contribution is 1.28. The highest BCUT2D eigenvalue weighted by Gasteiger charge is 2.18. The molecule has 0 aliphatic rings. The number of rotatable bonds is 6. The molecular weight excluding hydrogens is 556 g/mol. The van der Waals surface area contributed by atoms with Gasteiger partial charge in [-0.15, -0.1) is 0 Å². The molecule has 2 heteroatoms. The number of para-hydroxylation sites is 2. The number of nitrogen functional groups attached to an aromatic ring is 1. The van der Waals surface area contributed by atoms with E-state index in [-0.39, 0.29) is 0 Å². The normalized spacial score (nSPS) is 11.1. The quantitative estimate of drug-likeness (QED) is 0.155. The molecule has 0 bridgehead atoms. The summed E-state index contributed by atoms with van der Waals surface area (Å²) in [4.78, 5) is 2.30. The second-order valence-electron chi connectivity index (χ2n) is 11.6. The minimum Gasteiger partial charge on any atom is -0.399 e. The van der Waals surface area contributed by atoms with Crippen molar-refractivity contribution in [1.29, 1.82) is 0 Å². The molecule has 0 aliphatic carbocycles. The van der Waals surface area contributed by atoms with Crippen LogP contribution in [0, 0.1) is 0 Å². The molecule has 2 N–H and O–H groups in total. The van der Waals surface area contributed by atoms with E-state index in [1.807, 2.05) is 12.1 Å². The van der Waals surface area contributed by atoms with Gasteiger partial charge in [0.15, 0.2) is 0 Å². The Morgan fingerprint density at radius 1 is 0.283 bits per heavy atom. The van der Waals surface area contributed by atoms with Crippen LogP contribution in [0.25, 0.3) is 54.9 Å². The smallest absolute Gasteiger partial charge is 0.0462 e. The van der Waals surface area contributed by atoms with Gasteiger partial charge < -0.3 is 10.6 Å². The van der Waals surface area contributed by atoms with E-state index in [1.54, 1.807) is 0 Å². The third kappa shape index (κ3) is 4.96. The lowest BCUT2D eigenvalue weighted by atomic mass is 9.85. The van der Waals surface area contributed by atoms with Gasteiger partial charge in [0.2, 0.25) is 0 Å². The minimum atomic E-state index is 0.776. The molecule has 8 rings (SSSR count). The summed E-state index contributed by atoms with van der Waals surface area (Å²) in [6.45, 7) is 0. The van der Waals surface area contributed by atoms with E-state index in [4.69, 9.17) is 5.73 Å². The summed E-state index contributed by atoms with van der Waals surface area (Å²) in [5, 5.41) is 4.98. The minimum absolute atomic E-state index is 0.776. The Balaban J connectivity index is 1.26. The van der Waals surface area contributed by atoms with Gasteiger partial charge in [-0.3, -0.25) is 0 Å². The largest absolute Gasteiger partial charge is 0.399 e. The second-order valence-corrected chi connectivity index (χ2v) is 11.6. The Bertz CT molecular complexity index is 2180. The van der Waals surface area contributed by atoms with Gasteiger partial charge in [-0.1, -0.05) is 133 Å². The fraction of sp³-hybridized carbons (Fsp3) is 0. The molecule has 8 aromatic rings. The van der Waals surface area contributed by atoms with E-state index in [2.05, 4.69) is 175 Å². The molecule has 0 amide bonds. The Labute approximate surface area is 269 Å². The summed E-state index contributed by atoms with van der Waals surface area (Å²) in [5.74, 6) is 0. The molecular formula is C44H32N2. The second kappa shape index (κ2) is 11.8. The van der Waals surface area contributed by atoms with Crippen LogP contribution >= 0.6 is 0 Å². The summed E-state index contributed by atoms with van der Waals surface area (Å²) in [5.41, 5.74) is 17.3. The van der Waals surface area contributed by atoms with Gasteiger partial charge >= 0.3 is 0 Å². The molecule has 0 fully saturated rings. The van der Waals surface area contributed by atoms with Crippen LogP contribution in [0.5, 0.6) is 0 Å². The van der Waals surface area contributed by atoms with Crippen molar-refractivity contribution in [3.63, 3.8) is 0 Å². The maximum atomic E-state index is 5.93. The first kappa shape index (κ1) is 27.4. The van der Waals surface area contributed by atoms with Gasteiger partial charge in [-0.05, 0) is 103 Å². The van der Waals surface area contributed by atoms with Crippen molar-refractivity contribution in [3.8, 4) is 33.4 Å². The van der Waals surface area contributed by atoms with Crippen LogP contribution in [0.15, 0.2) is 182 Å². The number of nitrogens with two attached hydrogens (primary N) is 1. The van der Waals surface area contributed by atoms with Crippen molar-refractivity contribution in [2.75, 3.05) is 10.6 Å². The fourth-order valence-corrected chi connectivity index (χ4v) is 6.63. The van der Waals surface area contributed by atoms with Crippen LogP contribution in [-0.2, 0) is 0 Å². The maximum Gasteiger partial charge on any atom is 0.0462 e. The molecule has 2 nitrogen and oxygen atoms in total. The zero-order valence-corrected chi connectivity index (χ0v) is 25.3. The van der Waals surface area contributed by atoms with Crippen LogP contribution in [-0.4, -0.2) is 0 Å². The first-order valence-electron chi connectivity index (χ1n) is 15.6. The highest BCUT2D eigenvalue weighted by molar-refractivity contribution is 6.21. The third-order valence-corrected chi connectivity index (χ3v) is 8.79. The Kier molecular flexibility index (Phi) is 7.01. The van der Waals surface area contributed by atoms with E-state index in [0.29, 0.717) is 0 Å². The molecule has 0 aliphatic heterocycles. The summed E-state index contributed by atoms with van der Waals surface area (Å²) in [7, 11) is 0. The molecule has 0 radical (unpaired) electrons. The van der Waals surface area contributed by atoms with E-state index in [1.165, 1.54) is 49.4 Å². The van der Waals surface area contributed by atoms with E-state index in [9.17, 15) is 0 Å². The van der Waals surface area contributed by atoms with Crippen molar-refractivity contribution in [2.45, 2.75) is 0 Å². The summed E-state index contributed by atoms with van der Waals surface area (Å²) >= 11 is 0. The number of hydrogen-bond donors (Lipinski definition) is 1. The van der Waals surface area contributed by atoms with Gasteiger partial charge in [0, 0.05) is 22.7 Å². The van der Waals surface area contributed by atoms with Gasteiger partial charge in [-0.25, -0.2) is 0 Å². The predicted molar refractivity (Wildman–Crippen MR) is 197 cm³/mol. The van der Waals surface area contributed by atoms with Gasteiger partial charge in [0.05, 0.1) is 0 Å². The topological polar surface area (TPSA) is 29.3 Å². The number of hydrogen-bond acceptors (Lipinski definition) is 2. The highest BCUT2D eigenvalue weighted by atomic mass is 15.1. The third-order valence-electron chi connectivity index (χ3n) is 8.79. The van der Waals surface area contributed by atoms with Crippen LogP contribution < -0.4 is 10.6 Å². The van der Waals surface area contributed by atoms with Crippen LogP contribution in [0.3, 0.4) is 0 Å². The molecule has 0 saturated carbocycles. The molecule has 0 saturated heterocycles. The first-order valence-corrected chi connectivity index (χ1v) is 15.6. The molecule has 0 atom stereocenters. The van der Waals surface area contributed by atoms with Crippen molar-refractivity contribution < 1.29 is 0 Å². The van der Waals surface area contributed by atoms with Gasteiger partial charge in [0.1, 0.15) is 0 Å². The predicted octanol–water partition coefficient (Wildman–Crippen LogP) is 12.0. The lowest BCUT2D eigenvalue weighted by Gasteiger charge is -2.25. The standard InChI is InChI=1S/C44H32N2/c45-35-27-23-32(24-28-35)31-19-21-33(22-20-31)43-39-15-7-9-17-41(39)44(42-18-10-8-16-40(42)43)34-25-29-38(30-26-34)46(36-11-3-1-4-12-36)37-13-5-2-6-14-37/h1-30H,45H2. The van der Waals surface area contributed by atoms with Crippen molar-refractivity contribution in [3.05, 3.63) is 182 Å². The monoisotopic (exact) mass is 588 g/mol. The molecule has 218 valence electrons. The fourth-order valence-electron chi connectivity index (χ4n) is 6.63. The number of fused-ring (bicyclic) bond motifs is 2.